The first kappa shape index (κ1) is 15.4. The van der Waals surface area contributed by atoms with Gasteiger partial charge in [0.15, 0.2) is 0 Å². The second kappa shape index (κ2) is 6.05. The molecule has 6 heteroatoms. The standard InChI is InChI=1S/C19H17N3O3/c23-17(12-5-2-1-3-6-12)20-13-8-9-15-14(11-13)19(25)22-10-4-7-16(22)18(24)21-15/h1-3,5-6,8-9,11,16H,4,7,10H2,(H,20,23)(H,21,24)/t16-/m0/s1. The zero-order valence-electron chi connectivity index (χ0n) is 13.5. The Kier molecular flexibility index (Phi) is 3.72. The van der Waals surface area contributed by atoms with Crippen LogP contribution in [0.5, 0.6) is 0 Å². The highest BCUT2D eigenvalue weighted by Crippen LogP contribution is 2.30. The molecule has 126 valence electrons. The number of benzene rings is 2. The summed E-state index contributed by atoms with van der Waals surface area (Å²) in [4.78, 5) is 39.0. The predicted molar refractivity (Wildman–Crippen MR) is 93.5 cm³/mol. The Bertz CT molecular complexity index is 863. The number of hydrogen-bond donors (Lipinski definition) is 2. The minimum absolute atomic E-state index is 0.148. The summed E-state index contributed by atoms with van der Waals surface area (Å²) in [5.41, 5.74) is 1.95. The summed E-state index contributed by atoms with van der Waals surface area (Å²) in [6.07, 6.45) is 1.51. The van der Waals surface area contributed by atoms with E-state index in [2.05, 4.69) is 10.6 Å². The fourth-order valence-electron chi connectivity index (χ4n) is 3.35. The number of amides is 3. The molecule has 2 aliphatic heterocycles. The van der Waals surface area contributed by atoms with Crippen LogP contribution in [0.3, 0.4) is 0 Å². The minimum atomic E-state index is -0.401. The first-order valence-corrected chi connectivity index (χ1v) is 8.26. The van der Waals surface area contributed by atoms with Gasteiger partial charge in [0.2, 0.25) is 5.91 Å². The third kappa shape index (κ3) is 2.76. The fourth-order valence-corrected chi connectivity index (χ4v) is 3.35. The van der Waals surface area contributed by atoms with Gasteiger partial charge in [-0.15, -0.1) is 0 Å². The Morgan fingerprint density at radius 1 is 1.12 bits per heavy atom. The van der Waals surface area contributed by atoms with E-state index in [4.69, 9.17) is 0 Å². The number of hydrogen-bond acceptors (Lipinski definition) is 3. The molecule has 4 rings (SSSR count). The van der Waals surface area contributed by atoms with Crippen molar-refractivity contribution in [2.24, 2.45) is 0 Å². The molecule has 0 saturated carbocycles. The van der Waals surface area contributed by atoms with Gasteiger partial charge >= 0.3 is 0 Å². The van der Waals surface area contributed by atoms with Gasteiger partial charge in [0.25, 0.3) is 11.8 Å². The molecule has 0 unspecified atom stereocenters. The van der Waals surface area contributed by atoms with Crippen molar-refractivity contribution >= 4 is 29.1 Å². The molecule has 2 N–H and O–H groups in total. The van der Waals surface area contributed by atoms with E-state index in [0.717, 1.165) is 6.42 Å². The lowest BCUT2D eigenvalue weighted by Crippen LogP contribution is -2.40. The SMILES string of the molecule is O=C(Nc1ccc2c(c1)C(=O)N1CCC[C@H]1C(=O)N2)c1ccccc1. The van der Waals surface area contributed by atoms with Crippen LogP contribution < -0.4 is 10.6 Å². The van der Waals surface area contributed by atoms with Gasteiger partial charge in [0.1, 0.15) is 6.04 Å². The van der Waals surface area contributed by atoms with Crippen LogP contribution in [-0.4, -0.2) is 35.2 Å². The second-order valence-electron chi connectivity index (χ2n) is 6.23. The number of fused-ring (bicyclic) bond motifs is 2. The highest BCUT2D eigenvalue weighted by molar-refractivity contribution is 6.11. The summed E-state index contributed by atoms with van der Waals surface area (Å²) in [5, 5.41) is 5.62. The van der Waals surface area contributed by atoms with Crippen LogP contribution >= 0.6 is 0 Å². The molecule has 1 fully saturated rings. The van der Waals surface area contributed by atoms with Crippen LogP contribution in [-0.2, 0) is 4.79 Å². The van der Waals surface area contributed by atoms with Crippen LogP contribution in [0.1, 0.15) is 33.6 Å². The summed E-state index contributed by atoms with van der Waals surface area (Å²) in [6, 6.07) is 13.4. The van der Waals surface area contributed by atoms with E-state index in [0.29, 0.717) is 35.5 Å². The van der Waals surface area contributed by atoms with Crippen molar-refractivity contribution < 1.29 is 14.4 Å². The van der Waals surface area contributed by atoms with Crippen molar-refractivity contribution in [1.29, 1.82) is 0 Å². The molecule has 1 saturated heterocycles. The zero-order chi connectivity index (χ0) is 17.4. The molecular weight excluding hydrogens is 318 g/mol. The predicted octanol–water partition coefficient (Wildman–Crippen LogP) is 2.50. The average Bonchev–Trinajstić information content (AvgIpc) is 3.09. The van der Waals surface area contributed by atoms with Gasteiger partial charge in [0.05, 0.1) is 11.3 Å². The van der Waals surface area contributed by atoms with E-state index in [1.807, 2.05) is 6.07 Å². The second-order valence-corrected chi connectivity index (χ2v) is 6.23. The van der Waals surface area contributed by atoms with Crippen molar-refractivity contribution in [3.05, 3.63) is 59.7 Å². The normalized spacial score (nSPS) is 18.9. The molecule has 3 amide bonds. The Morgan fingerprint density at radius 2 is 1.92 bits per heavy atom. The molecule has 0 spiro atoms. The monoisotopic (exact) mass is 335 g/mol. The lowest BCUT2D eigenvalue weighted by atomic mass is 10.1. The maximum absolute atomic E-state index is 12.8. The fraction of sp³-hybridized carbons (Fsp3) is 0.211. The number of carbonyl (C=O) groups is 3. The van der Waals surface area contributed by atoms with Gasteiger partial charge in [-0.05, 0) is 43.2 Å². The van der Waals surface area contributed by atoms with Crippen molar-refractivity contribution in [3.8, 4) is 0 Å². The average molecular weight is 335 g/mol. The van der Waals surface area contributed by atoms with Crippen molar-refractivity contribution in [2.75, 3.05) is 17.2 Å². The van der Waals surface area contributed by atoms with Gasteiger partial charge in [-0.25, -0.2) is 0 Å². The highest BCUT2D eigenvalue weighted by Gasteiger charge is 2.38. The Balaban J connectivity index is 1.64. The molecule has 2 aliphatic rings. The maximum atomic E-state index is 12.8. The summed E-state index contributed by atoms with van der Waals surface area (Å²) in [5.74, 6) is -0.568. The number of rotatable bonds is 2. The first-order chi connectivity index (χ1) is 12.1. The highest BCUT2D eigenvalue weighted by atomic mass is 16.2. The number of nitrogens with zero attached hydrogens (tertiary/aromatic N) is 1. The molecular formula is C19H17N3O3. The van der Waals surface area contributed by atoms with Crippen molar-refractivity contribution in [1.82, 2.24) is 4.90 Å². The van der Waals surface area contributed by atoms with E-state index in [1.54, 1.807) is 47.4 Å². The largest absolute Gasteiger partial charge is 0.327 e. The molecule has 0 bridgehead atoms. The molecule has 6 nitrogen and oxygen atoms in total. The third-order valence-electron chi connectivity index (χ3n) is 4.62. The van der Waals surface area contributed by atoms with Crippen LogP contribution in [0.15, 0.2) is 48.5 Å². The lowest BCUT2D eigenvalue weighted by Gasteiger charge is -2.20. The molecule has 1 atom stereocenters. The summed E-state index contributed by atoms with van der Waals surface area (Å²) in [7, 11) is 0. The first-order valence-electron chi connectivity index (χ1n) is 8.26. The third-order valence-corrected chi connectivity index (χ3v) is 4.62. The topological polar surface area (TPSA) is 78.5 Å². The van der Waals surface area contributed by atoms with Crippen LogP contribution in [0.2, 0.25) is 0 Å². The quantitative estimate of drug-likeness (QED) is 0.885. The molecule has 25 heavy (non-hydrogen) atoms. The van der Waals surface area contributed by atoms with Crippen LogP contribution in [0.25, 0.3) is 0 Å². The Morgan fingerprint density at radius 3 is 2.72 bits per heavy atom. The maximum Gasteiger partial charge on any atom is 0.256 e. The molecule has 2 aromatic rings. The van der Waals surface area contributed by atoms with Crippen molar-refractivity contribution in [3.63, 3.8) is 0 Å². The van der Waals surface area contributed by atoms with E-state index in [-0.39, 0.29) is 17.7 Å². The minimum Gasteiger partial charge on any atom is -0.327 e. The number of nitrogens with one attached hydrogen (secondary N) is 2. The number of anilines is 2. The molecule has 0 aliphatic carbocycles. The Hall–Kier alpha value is -3.15. The summed E-state index contributed by atoms with van der Waals surface area (Å²) in [6.45, 7) is 0.580. The summed E-state index contributed by atoms with van der Waals surface area (Å²) < 4.78 is 0. The molecule has 0 aromatic heterocycles. The molecule has 2 heterocycles. The van der Waals surface area contributed by atoms with E-state index in [1.165, 1.54) is 0 Å². The van der Waals surface area contributed by atoms with Crippen LogP contribution in [0, 0.1) is 0 Å². The number of carbonyl (C=O) groups excluding carboxylic acids is 3. The van der Waals surface area contributed by atoms with Gasteiger partial charge in [-0.1, -0.05) is 18.2 Å². The lowest BCUT2D eigenvalue weighted by molar-refractivity contribution is -0.119. The smallest absolute Gasteiger partial charge is 0.256 e. The van der Waals surface area contributed by atoms with Gasteiger partial charge in [0, 0.05) is 17.8 Å². The van der Waals surface area contributed by atoms with Crippen molar-refractivity contribution in [2.45, 2.75) is 18.9 Å². The van der Waals surface area contributed by atoms with E-state index >= 15 is 0 Å². The van der Waals surface area contributed by atoms with Gasteiger partial charge in [-0.2, -0.15) is 0 Å². The molecule has 0 radical (unpaired) electrons. The van der Waals surface area contributed by atoms with E-state index in [9.17, 15) is 14.4 Å². The zero-order valence-corrected chi connectivity index (χ0v) is 13.5. The van der Waals surface area contributed by atoms with Gasteiger partial charge in [-0.3, -0.25) is 14.4 Å². The summed E-state index contributed by atoms with van der Waals surface area (Å²) >= 11 is 0. The van der Waals surface area contributed by atoms with Gasteiger partial charge < -0.3 is 15.5 Å². The van der Waals surface area contributed by atoms with E-state index < -0.39 is 6.04 Å². The van der Waals surface area contributed by atoms with Crippen LogP contribution in [0.4, 0.5) is 11.4 Å². The Labute approximate surface area is 144 Å². The molecule has 2 aromatic carbocycles.